The van der Waals surface area contributed by atoms with Gasteiger partial charge in [-0.3, -0.25) is 4.79 Å². The standard InChI is InChI=1S/C29H35NO2S/c1-23(2)10-8-9-19-30-29(31)28-14-7-6-13-27(28)25-17-15-24(16-18-25)22-33-21-20-32-26-11-4-3-5-12-26/h3-7,11-18,23H,8-10,19-22H2,1-2H3,(H,30,31). The van der Waals surface area contributed by atoms with Gasteiger partial charge in [0.15, 0.2) is 0 Å². The minimum Gasteiger partial charge on any atom is -0.493 e. The second-order valence-corrected chi connectivity index (χ2v) is 9.71. The Labute approximate surface area is 203 Å². The van der Waals surface area contributed by atoms with Gasteiger partial charge in [0.25, 0.3) is 5.91 Å². The van der Waals surface area contributed by atoms with Crippen LogP contribution in [0.4, 0.5) is 0 Å². The number of carbonyl (C=O) groups excluding carboxylic acids is 1. The van der Waals surface area contributed by atoms with Crippen LogP contribution in [0.15, 0.2) is 78.9 Å². The lowest BCUT2D eigenvalue weighted by molar-refractivity contribution is 0.0953. The fraction of sp³-hybridized carbons (Fsp3) is 0.345. The number of hydrogen-bond donors (Lipinski definition) is 1. The van der Waals surface area contributed by atoms with Gasteiger partial charge in [0.05, 0.1) is 6.61 Å². The van der Waals surface area contributed by atoms with Gasteiger partial charge < -0.3 is 10.1 Å². The number of ether oxygens (including phenoxy) is 1. The molecule has 0 atom stereocenters. The number of thioether (sulfide) groups is 1. The van der Waals surface area contributed by atoms with Gasteiger partial charge >= 0.3 is 0 Å². The summed E-state index contributed by atoms with van der Waals surface area (Å²) in [5, 5.41) is 3.09. The molecule has 0 saturated carbocycles. The molecule has 0 aliphatic carbocycles. The zero-order valence-electron chi connectivity index (χ0n) is 19.8. The molecule has 33 heavy (non-hydrogen) atoms. The fourth-order valence-electron chi connectivity index (χ4n) is 3.61. The molecule has 1 N–H and O–H groups in total. The number of nitrogens with one attached hydrogen (secondary N) is 1. The monoisotopic (exact) mass is 461 g/mol. The Kier molecular flexibility index (Phi) is 10.4. The van der Waals surface area contributed by atoms with E-state index in [0.29, 0.717) is 12.5 Å². The largest absolute Gasteiger partial charge is 0.493 e. The topological polar surface area (TPSA) is 38.3 Å². The highest BCUT2D eigenvalue weighted by molar-refractivity contribution is 7.98. The zero-order valence-corrected chi connectivity index (χ0v) is 20.6. The van der Waals surface area contributed by atoms with Gasteiger partial charge in [-0.1, -0.05) is 87.4 Å². The number of benzene rings is 3. The predicted molar refractivity (Wildman–Crippen MR) is 141 cm³/mol. The second kappa shape index (κ2) is 13.7. The van der Waals surface area contributed by atoms with Crippen LogP contribution in [-0.4, -0.2) is 24.8 Å². The van der Waals surface area contributed by atoms with Gasteiger partial charge in [-0.05, 0) is 47.2 Å². The lowest BCUT2D eigenvalue weighted by Gasteiger charge is -2.11. The van der Waals surface area contributed by atoms with E-state index in [9.17, 15) is 4.79 Å². The molecule has 3 nitrogen and oxygen atoms in total. The van der Waals surface area contributed by atoms with Crippen LogP contribution in [0.3, 0.4) is 0 Å². The molecular formula is C29H35NO2S. The summed E-state index contributed by atoms with van der Waals surface area (Å²) in [4.78, 5) is 12.8. The van der Waals surface area contributed by atoms with Crippen molar-refractivity contribution >= 4 is 17.7 Å². The Hall–Kier alpha value is -2.72. The average Bonchev–Trinajstić information content (AvgIpc) is 2.84. The van der Waals surface area contributed by atoms with E-state index in [0.717, 1.165) is 53.3 Å². The summed E-state index contributed by atoms with van der Waals surface area (Å²) >= 11 is 1.86. The normalized spacial score (nSPS) is 10.9. The number of carbonyl (C=O) groups is 1. The first-order valence-corrected chi connectivity index (χ1v) is 13.0. The quantitative estimate of drug-likeness (QED) is 0.273. The Morgan fingerprint density at radius 2 is 1.64 bits per heavy atom. The molecule has 3 aromatic rings. The van der Waals surface area contributed by atoms with Gasteiger partial charge in [-0.15, -0.1) is 0 Å². The van der Waals surface area contributed by atoms with Crippen LogP contribution < -0.4 is 10.1 Å². The van der Waals surface area contributed by atoms with Crippen LogP contribution in [0.1, 0.15) is 49.0 Å². The lowest BCUT2D eigenvalue weighted by Crippen LogP contribution is -2.25. The summed E-state index contributed by atoms with van der Waals surface area (Å²) in [7, 11) is 0. The maximum Gasteiger partial charge on any atom is 0.251 e. The maximum atomic E-state index is 12.8. The summed E-state index contributed by atoms with van der Waals surface area (Å²) in [6, 6.07) is 26.3. The van der Waals surface area contributed by atoms with E-state index in [1.807, 2.05) is 66.4 Å². The van der Waals surface area contributed by atoms with Crippen LogP contribution in [0.2, 0.25) is 0 Å². The van der Waals surface area contributed by atoms with Gasteiger partial charge in [0.2, 0.25) is 0 Å². The lowest BCUT2D eigenvalue weighted by atomic mass is 9.98. The van der Waals surface area contributed by atoms with Crippen molar-refractivity contribution in [2.75, 3.05) is 18.9 Å². The van der Waals surface area contributed by atoms with E-state index < -0.39 is 0 Å². The highest BCUT2D eigenvalue weighted by atomic mass is 32.2. The van der Waals surface area contributed by atoms with E-state index in [1.54, 1.807) is 0 Å². The number of amides is 1. The van der Waals surface area contributed by atoms with Crippen molar-refractivity contribution in [3.63, 3.8) is 0 Å². The fourth-order valence-corrected chi connectivity index (χ4v) is 4.39. The Bertz CT molecular complexity index is 970. The van der Waals surface area contributed by atoms with E-state index in [-0.39, 0.29) is 5.91 Å². The molecule has 0 fully saturated rings. The second-order valence-electron chi connectivity index (χ2n) is 8.60. The molecule has 0 unspecified atom stereocenters. The Morgan fingerprint density at radius 3 is 2.39 bits per heavy atom. The molecular weight excluding hydrogens is 426 g/mol. The van der Waals surface area contributed by atoms with Crippen molar-refractivity contribution in [2.24, 2.45) is 5.92 Å². The summed E-state index contributed by atoms with van der Waals surface area (Å²) in [5.41, 5.74) is 4.06. The minimum absolute atomic E-state index is 0.00759. The molecule has 174 valence electrons. The van der Waals surface area contributed by atoms with E-state index in [4.69, 9.17) is 4.74 Å². The minimum atomic E-state index is 0.00759. The number of rotatable bonds is 13. The van der Waals surface area contributed by atoms with E-state index in [1.165, 1.54) is 12.0 Å². The van der Waals surface area contributed by atoms with E-state index in [2.05, 4.69) is 43.4 Å². The summed E-state index contributed by atoms with van der Waals surface area (Å²) in [6.45, 7) is 5.90. The molecule has 3 aromatic carbocycles. The first kappa shape index (κ1) is 24.9. The predicted octanol–water partition coefficient (Wildman–Crippen LogP) is 7.22. The van der Waals surface area contributed by atoms with Crippen molar-refractivity contribution in [2.45, 2.75) is 38.9 Å². The molecule has 0 bridgehead atoms. The van der Waals surface area contributed by atoms with Crippen LogP contribution in [0.25, 0.3) is 11.1 Å². The summed E-state index contributed by atoms with van der Waals surface area (Å²) in [5.74, 6) is 3.52. The maximum absolute atomic E-state index is 12.8. The highest BCUT2D eigenvalue weighted by Crippen LogP contribution is 2.25. The van der Waals surface area contributed by atoms with Crippen LogP contribution in [-0.2, 0) is 5.75 Å². The molecule has 3 rings (SSSR count). The van der Waals surface area contributed by atoms with Gasteiger partial charge in [0, 0.05) is 23.6 Å². The van der Waals surface area contributed by atoms with Crippen LogP contribution >= 0.6 is 11.8 Å². The zero-order chi connectivity index (χ0) is 23.3. The smallest absolute Gasteiger partial charge is 0.251 e. The Morgan fingerprint density at radius 1 is 0.909 bits per heavy atom. The SMILES string of the molecule is CC(C)CCCCNC(=O)c1ccccc1-c1ccc(CSCCOc2ccccc2)cc1. The molecule has 0 radical (unpaired) electrons. The molecule has 4 heteroatoms. The molecule has 0 spiro atoms. The summed E-state index contributed by atoms with van der Waals surface area (Å²) < 4.78 is 5.75. The third-order valence-electron chi connectivity index (χ3n) is 5.44. The highest BCUT2D eigenvalue weighted by Gasteiger charge is 2.12. The van der Waals surface area contributed by atoms with Gasteiger partial charge in [-0.2, -0.15) is 11.8 Å². The van der Waals surface area contributed by atoms with Crippen molar-refractivity contribution < 1.29 is 9.53 Å². The Balaban J connectivity index is 1.48. The number of unbranched alkanes of at least 4 members (excludes halogenated alkanes) is 1. The van der Waals surface area contributed by atoms with Crippen molar-refractivity contribution in [1.29, 1.82) is 0 Å². The summed E-state index contributed by atoms with van der Waals surface area (Å²) in [6.07, 6.45) is 3.38. The van der Waals surface area contributed by atoms with Crippen molar-refractivity contribution in [3.05, 3.63) is 90.0 Å². The number of para-hydroxylation sites is 1. The average molecular weight is 462 g/mol. The first-order chi connectivity index (χ1) is 16.1. The molecule has 0 aromatic heterocycles. The van der Waals surface area contributed by atoms with Crippen LogP contribution in [0.5, 0.6) is 5.75 Å². The molecule has 1 amide bonds. The molecule has 0 heterocycles. The van der Waals surface area contributed by atoms with E-state index >= 15 is 0 Å². The third-order valence-corrected chi connectivity index (χ3v) is 6.43. The van der Waals surface area contributed by atoms with Gasteiger partial charge in [0.1, 0.15) is 5.75 Å². The van der Waals surface area contributed by atoms with Gasteiger partial charge in [-0.25, -0.2) is 0 Å². The third kappa shape index (κ3) is 8.62. The molecule has 0 saturated heterocycles. The van der Waals surface area contributed by atoms with Crippen molar-refractivity contribution in [3.8, 4) is 16.9 Å². The molecule has 0 aliphatic heterocycles. The van der Waals surface area contributed by atoms with Crippen LogP contribution in [0, 0.1) is 5.92 Å². The first-order valence-electron chi connectivity index (χ1n) is 11.9. The number of hydrogen-bond acceptors (Lipinski definition) is 3. The molecule has 0 aliphatic rings. The van der Waals surface area contributed by atoms with Crippen molar-refractivity contribution in [1.82, 2.24) is 5.32 Å².